The van der Waals surface area contributed by atoms with Crippen LogP contribution >= 0.6 is 12.4 Å². The number of ether oxygens (including phenoxy) is 2. The second-order valence-electron chi connectivity index (χ2n) is 8.93. The third-order valence-corrected chi connectivity index (χ3v) is 6.46. The van der Waals surface area contributed by atoms with Crippen LogP contribution in [0.25, 0.3) is 16.6 Å². The van der Waals surface area contributed by atoms with Gasteiger partial charge >= 0.3 is 0 Å². The summed E-state index contributed by atoms with van der Waals surface area (Å²) in [6.07, 6.45) is 3.63. The van der Waals surface area contributed by atoms with E-state index in [-0.39, 0.29) is 18.0 Å². The van der Waals surface area contributed by atoms with Gasteiger partial charge in [0.2, 0.25) is 0 Å². The zero-order valence-corrected chi connectivity index (χ0v) is 20.9. The first-order valence-corrected chi connectivity index (χ1v) is 11.8. The molecule has 1 aliphatic rings. The topological polar surface area (TPSA) is 61.5 Å². The molecule has 1 saturated heterocycles. The molecule has 184 valence electrons. The van der Waals surface area contributed by atoms with Crippen molar-refractivity contribution in [1.29, 1.82) is 0 Å². The van der Waals surface area contributed by atoms with Gasteiger partial charge in [0.05, 0.1) is 31.5 Å². The van der Waals surface area contributed by atoms with Crippen LogP contribution in [0.5, 0.6) is 5.75 Å². The number of rotatable bonds is 7. The minimum Gasteiger partial charge on any atom is -0.489 e. The Bertz CT molecular complexity index is 1310. The first-order valence-electron chi connectivity index (χ1n) is 11.8. The van der Waals surface area contributed by atoms with Crippen LogP contribution in [0.1, 0.15) is 19.4 Å². The van der Waals surface area contributed by atoms with Gasteiger partial charge in [-0.2, -0.15) is 5.10 Å². The number of fused-ring (bicyclic) bond motifs is 1. The second kappa shape index (κ2) is 11.1. The van der Waals surface area contributed by atoms with Gasteiger partial charge in [-0.25, -0.2) is 0 Å². The average molecular weight is 495 g/mol. The van der Waals surface area contributed by atoms with Crippen LogP contribution in [0, 0.1) is 0 Å². The fourth-order valence-corrected chi connectivity index (χ4v) is 4.59. The van der Waals surface area contributed by atoms with Crippen molar-refractivity contribution < 1.29 is 9.47 Å². The van der Waals surface area contributed by atoms with Gasteiger partial charge in [-0.1, -0.05) is 30.3 Å². The quantitative estimate of drug-likeness (QED) is 0.383. The number of benzene rings is 2. The van der Waals surface area contributed by atoms with Gasteiger partial charge < -0.3 is 9.47 Å². The van der Waals surface area contributed by atoms with E-state index in [0.717, 1.165) is 48.5 Å². The van der Waals surface area contributed by atoms with Gasteiger partial charge in [0.25, 0.3) is 5.56 Å². The number of pyridine rings is 1. The largest absolute Gasteiger partial charge is 0.489 e. The molecule has 4 aromatic rings. The minimum atomic E-state index is -0.132. The molecule has 1 aliphatic heterocycles. The molecule has 0 radical (unpaired) electrons. The Morgan fingerprint density at radius 3 is 2.51 bits per heavy atom. The number of nitrogens with zero attached hydrogens (tertiary/aromatic N) is 4. The van der Waals surface area contributed by atoms with Crippen molar-refractivity contribution in [2.24, 2.45) is 0 Å². The van der Waals surface area contributed by atoms with Gasteiger partial charge in [0.15, 0.2) is 0 Å². The summed E-state index contributed by atoms with van der Waals surface area (Å²) in [6, 6.07) is 20.1. The molecule has 0 bridgehead atoms. The average Bonchev–Trinajstić information content (AvgIpc) is 3.25. The molecule has 0 N–H and O–H groups in total. The lowest BCUT2D eigenvalue weighted by Crippen LogP contribution is -2.50. The predicted octanol–water partition coefficient (Wildman–Crippen LogP) is 4.30. The molecule has 7 nitrogen and oxygen atoms in total. The van der Waals surface area contributed by atoms with E-state index in [1.54, 1.807) is 10.8 Å². The van der Waals surface area contributed by atoms with E-state index >= 15 is 0 Å². The highest BCUT2D eigenvalue weighted by molar-refractivity contribution is 5.85. The number of halogens is 1. The van der Waals surface area contributed by atoms with Crippen LogP contribution in [0.2, 0.25) is 0 Å². The molecule has 3 heterocycles. The van der Waals surface area contributed by atoms with Crippen LogP contribution < -0.4 is 10.3 Å². The summed E-state index contributed by atoms with van der Waals surface area (Å²) in [5, 5.41) is 5.62. The van der Waals surface area contributed by atoms with Crippen LogP contribution in [0.4, 0.5) is 0 Å². The molecular weight excluding hydrogens is 464 g/mol. The number of hydrogen-bond donors (Lipinski definition) is 0. The minimum absolute atomic E-state index is 0. The summed E-state index contributed by atoms with van der Waals surface area (Å²) in [5.74, 6) is 0.561. The molecule has 1 unspecified atom stereocenters. The zero-order valence-electron chi connectivity index (χ0n) is 20.0. The Hall–Kier alpha value is -3.13. The smallest absolute Gasteiger partial charge is 0.258 e. The van der Waals surface area contributed by atoms with Crippen molar-refractivity contribution in [1.82, 2.24) is 19.2 Å². The van der Waals surface area contributed by atoms with Gasteiger partial charge in [0, 0.05) is 42.0 Å². The fourth-order valence-electron chi connectivity index (χ4n) is 4.59. The van der Waals surface area contributed by atoms with Crippen molar-refractivity contribution in [2.75, 3.05) is 19.8 Å². The lowest BCUT2D eigenvalue weighted by Gasteiger charge is -2.38. The van der Waals surface area contributed by atoms with Crippen molar-refractivity contribution in [2.45, 2.75) is 39.1 Å². The maximum Gasteiger partial charge on any atom is 0.258 e. The van der Waals surface area contributed by atoms with Crippen molar-refractivity contribution in [3.05, 3.63) is 89.0 Å². The van der Waals surface area contributed by atoms with E-state index < -0.39 is 0 Å². The molecule has 0 amide bonds. The van der Waals surface area contributed by atoms with Crippen molar-refractivity contribution in [3.63, 3.8) is 0 Å². The van der Waals surface area contributed by atoms with E-state index in [4.69, 9.17) is 9.47 Å². The van der Waals surface area contributed by atoms with Crippen LogP contribution in [0.15, 0.2) is 77.9 Å². The van der Waals surface area contributed by atoms with E-state index in [1.807, 2.05) is 65.5 Å². The van der Waals surface area contributed by atoms with Gasteiger partial charge in [-0.15, -0.1) is 12.4 Å². The lowest BCUT2D eigenvalue weighted by atomic mass is 10.2. The van der Waals surface area contributed by atoms with Gasteiger partial charge in [-0.3, -0.25) is 18.9 Å². The molecule has 8 heteroatoms. The molecule has 2 aromatic heterocycles. The molecular formula is C27H31ClN4O3. The van der Waals surface area contributed by atoms with E-state index in [2.05, 4.69) is 23.8 Å². The normalized spacial score (nSPS) is 18.3. The molecule has 2 atom stereocenters. The Morgan fingerprint density at radius 2 is 1.77 bits per heavy atom. The standard InChI is InChI=1S/C27H30N4O3.ClH/c1-20-17-33-18-21(2)29(20)12-13-31-26-9-8-24(14-23(26)16-28-31)30-11-10-25(15-27(30)32)34-19-22-6-4-3-5-7-22;/h3-11,14-16,20-21H,12-13,17-19H2,1-2H3;1H/t20-,21?;/m0./s1. The summed E-state index contributed by atoms with van der Waals surface area (Å²) >= 11 is 0. The highest BCUT2D eigenvalue weighted by Crippen LogP contribution is 2.20. The summed E-state index contributed by atoms with van der Waals surface area (Å²) < 4.78 is 15.1. The monoisotopic (exact) mass is 494 g/mol. The Balaban J connectivity index is 0.00000289. The molecule has 1 fully saturated rings. The molecule has 35 heavy (non-hydrogen) atoms. The van der Waals surface area contributed by atoms with Gasteiger partial charge in [0.1, 0.15) is 12.4 Å². The second-order valence-corrected chi connectivity index (χ2v) is 8.93. The first-order chi connectivity index (χ1) is 16.6. The molecule has 0 aliphatic carbocycles. The molecule has 2 aromatic carbocycles. The van der Waals surface area contributed by atoms with Crippen LogP contribution in [-0.4, -0.2) is 51.1 Å². The molecule has 5 rings (SSSR count). The highest BCUT2D eigenvalue weighted by Gasteiger charge is 2.25. The van der Waals surface area contributed by atoms with Crippen molar-refractivity contribution >= 4 is 23.3 Å². The Morgan fingerprint density at radius 1 is 1.00 bits per heavy atom. The summed E-state index contributed by atoms with van der Waals surface area (Å²) in [6.45, 7) is 8.13. The third kappa shape index (κ3) is 5.59. The highest BCUT2D eigenvalue weighted by atomic mass is 35.5. The van der Waals surface area contributed by atoms with E-state index in [1.165, 1.54) is 6.07 Å². The fraction of sp³-hybridized carbons (Fsp3) is 0.333. The van der Waals surface area contributed by atoms with Crippen LogP contribution in [-0.2, 0) is 17.9 Å². The molecule has 0 saturated carbocycles. The zero-order chi connectivity index (χ0) is 23.5. The van der Waals surface area contributed by atoms with Gasteiger partial charge in [-0.05, 0) is 43.7 Å². The van der Waals surface area contributed by atoms with E-state index in [0.29, 0.717) is 24.4 Å². The van der Waals surface area contributed by atoms with Crippen LogP contribution in [0.3, 0.4) is 0 Å². The third-order valence-electron chi connectivity index (χ3n) is 6.46. The van der Waals surface area contributed by atoms with E-state index in [9.17, 15) is 4.79 Å². The lowest BCUT2D eigenvalue weighted by molar-refractivity contribution is -0.0380. The van der Waals surface area contributed by atoms with Crippen molar-refractivity contribution in [3.8, 4) is 11.4 Å². The predicted molar refractivity (Wildman–Crippen MR) is 140 cm³/mol. The summed E-state index contributed by atoms with van der Waals surface area (Å²) in [4.78, 5) is 15.3. The first kappa shape index (κ1) is 25.0. The number of morpholine rings is 1. The Labute approximate surface area is 211 Å². The summed E-state index contributed by atoms with van der Waals surface area (Å²) in [5.41, 5.74) is 2.80. The molecule has 0 spiro atoms. The summed E-state index contributed by atoms with van der Waals surface area (Å²) in [7, 11) is 0. The maximum absolute atomic E-state index is 12.8. The Kier molecular flexibility index (Phi) is 7.90. The maximum atomic E-state index is 12.8. The number of aromatic nitrogens is 3. The number of hydrogen-bond acceptors (Lipinski definition) is 5. The SMILES string of the molecule is CC1COC[C@H](C)N1CCn1ncc2cc(-n3ccc(OCc4ccccc4)cc3=O)ccc21.Cl.